The number of rotatable bonds is 6. The van der Waals surface area contributed by atoms with Gasteiger partial charge < -0.3 is 4.90 Å². The molecule has 166 valence electrons. The van der Waals surface area contributed by atoms with Gasteiger partial charge in [0, 0.05) is 17.3 Å². The molecule has 4 rings (SSSR count). The lowest BCUT2D eigenvalue weighted by molar-refractivity contribution is 0.0981. The average Bonchev–Trinajstić information content (AvgIpc) is 3.14. The van der Waals surface area contributed by atoms with Gasteiger partial charge in [0.2, 0.25) is 0 Å². The van der Waals surface area contributed by atoms with Gasteiger partial charge >= 0.3 is 0 Å². The Morgan fingerprint density at radius 1 is 0.969 bits per heavy atom. The van der Waals surface area contributed by atoms with Crippen LogP contribution >= 0.6 is 0 Å². The van der Waals surface area contributed by atoms with E-state index in [0.717, 1.165) is 35.2 Å². The Morgan fingerprint density at radius 2 is 1.62 bits per heavy atom. The molecule has 6 heteroatoms. The Morgan fingerprint density at radius 3 is 2.25 bits per heavy atom. The van der Waals surface area contributed by atoms with Crippen LogP contribution < -0.4 is 9.62 Å². The highest BCUT2D eigenvalue weighted by Gasteiger charge is 2.32. The summed E-state index contributed by atoms with van der Waals surface area (Å²) in [6, 6.07) is 20.0. The molecule has 1 aliphatic rings. The van der Waals surface area contributed by atoms with E-state index in [4.69, 9.17) is 0 Å². The first-order chi connectivity index (χ1) is 15.4. The van der Waals surface area contributed by atoms with Crippen molar-refractivity contribution in [3.63, 3.8) is 0 Å². The first-order valence-electron chi connectivity index (χ1n) is 11.0. The summed E-state index contributed by atoms with van der Waals surface area (Å²) in [5.41, 5.74) is 4.88. The summed E-state index contributed by atoms with van der Waals surface area (Å²) in [6.45, 7) is 6.02. The number of para-hydroxylation sites is 1. The van der Waals surface area contributed by atoms with Crippen molar-refractivity contribution in [2.24, 2.45) is 0 Å². The highest BCUT2D eigenvalue weighted by atomic mass is 32.2. The molecule has 0 radical (unpaired) electrons. The summed E-state index contributed by atoms with van der Waals surface area (Å²) in [5.74, 6) is -0.0740. The second kappa shape index (κ2) is 8.79. The summed E-state index contributed by atoms with van der Waals surface area (Å²) < 4.78 is 29.4. The van der Waals surface area contributed by atoms with Gasteiger partial charge in [-0.3, -0.25) is 9.52 Å². The minimum absolute atomic E-state index is 0.0452. The number of nitrogens with one attached hydrogen (secondary N) is 1. The molecule has 0 saturated carbocycles. The second-order valence-electron chi connectivity index (χ2n) is 8.15. The van der Waals surface area contributed by atoms with E-state index in [1.165, 1.54) is 0 Å². The van der Waals surface area contributed by atoms with Gasteiger partial charge in [-0.15, -0.1) is 0 Å². The Bertz CT molecular complexity index is 1230. The smallest absolute Gasteiger partial charge is 0.261 e. The molecule has 1 atom stereocenters. The highest BCUT2D eigenvalue weighted by Crippen LogP contribution is 2.35. The summed E-state index contributed by atoms with van der Waals surface area (Å²) in [6.07, 6.45) is 2.09. The van der Waals surface area contributed by atoms with E-state index in [-0.39, 0.29) is 16.8 Å². The van der Waals surface area contributed by atoms with Crippen LogP contribution in [0.5, 0.6) is 0 Å². The summed E-state index contributed by atoms with van der Waals surface area (Å²) in [4.78, 5) is 15.1. The Hall–Kier alpha value is -3.12. The van der Waals surface area contributed by atoms with Gasteiger partial charge in [-0.05, 0) is 73.2 Å². The number of sulfonamides is 1. The lowest BCUT2D eigenvalue weighted by Crippen LogP contribution is -2.35. The molecule has 0 fully saturated rings. The second-order valence-corrected chi connectivity index (χ2v) is 9.83. The van der Waals surface area contributed by atoms with Crippen LogP contribution in [-0.2, 0) is 29.3 Å². The molecule has 32 heavy (non-hydrogen) atoms. The number of benzene rings is 3. The van der Waals surface area contributed by atoms with Gasteiger partial charge in [0.15, 0.2) is 0 Å². The van der Waals surface area contributed by atoms with Gasteiger partial charge in [-0.25, -0.2) is 8.42 Å². The minimum Gasteiger partial charge on any atom is -0.305 e. The molecule has 5 nitrogen and oxygen atoms in total. The Balaban J connectivity index is 1.67. The van der Waals surface area contributed by atoms with E-state index in [2.05, 4.69) is 4.72 Å². The van der Waals surface area contributed by atoms with Crippen molar-refractivity contribution in [2.75, 3.05) is 9.62 Å². The molecule has 1 aliphatic heterocycles. The molecule has 1 heterocycles. The molecule has 0 saturated heterocycles. The van der Waals surface area contributed by atoms with Crippen LogP contribution in [-0.4, -0.2) is 20.4 Å². The zero-order chi connectivity index (χ0) is 22.9. The van der Waals surface area contributed by atoms with Crippen molar-refractivity contribution in [1.82, 2.24) is 0 Å². The van der Waals surface area contributed by atoms with Crippen molar-refractivity contribution in [2.45, 2.75) is 51.0 Å². The van der Waals surface area contributed by atoms with Crippen molar-refractivity contribution >= 4 is 27.3 Å². The number of hydrogen-bond donors (Lipinski definition) is 1. The molecule has 1 N–H and O–H groups in total. The number of anilines is 2. The number of fused-ring (bicyclic) bond motifs is 1. The van der Waals surface area contributed by atoms with Crippen molar-refractivity contribution < 1.29 is 13.2 Å². The maximum Gasteiger partial charge on any atom is 0.261 e. The van der Waals surface area contributed by atoms with Gasteiger partial charge in [0.25, 0.3) is 15.9 Å². The molecule has 0 aliphatic carbocycles. The maximum absolute atomic E-state index is 13.3. The lowest BCUT2D eigenvalue weighted by Gasteiger charge is -2.23. The number of nitrogens with zero attached hydrogens (tertiary/aromatic N) is 1. The topological polar surface area (TPSA) is 66.5 Å². The van der Waals surface area contributed by atoms with E-state index >= 15 is 0 Å². The number of hydrogen-bond acceptors (Lipinski definition) is 3. The van der Waals surface area contributed by atoms with Crippen LogP contribution in [0.25, 0.3) is 0 Å². The first-order valence-corrected chi connectivity index (χ1v) is 12.5. The predicted octanol–water partition coefficient (Wildman–Crippen LogP) is 5.20. The Kier molecular flexibility index (Phi) is 6.07. The molecule has 0 aromatic heterocycles. The van der Waals surface area contributed by atoms with E-state index in [9.17, 15) is 13.2 Å². The van der Waals surface area contributed by atoms with Crippen molar-refractivity contribution in [3.05, 3.63) is 89.0 Å². The molecule has 3 aromatic carbocycles. The third-order valence-electron chi connectivity index (χ3n) is 6.05. The first kappa shape index (κ1) is 22.1. The number of carbonyl (C=O) groups excluding carboxylic acids is 1. The van der Waals surface area contributed by atoms with Crippen LogP contribution in [0.15, 0.2) is 71.6 Å². The number of carbonyl (C=O) groups is 1. The summed E-state index contributed by atoms with van der Waals surface area (Å²) in [5, 5.41) is 0. The van der Waals surface area contributed by atoms with Crippen LogP contribution in [0.4, 0.5) is 11.4 Å². The summed E-state index contributed by atoms with van der Waals surface area (Å²) in [7, 11) is -3.76. The molecule has 1 amide bonds. The van der Waals surface area contributed by atoms with Crippen molar-refractivity contribution in [3.8, 4) is 0 Å². The van der Waals surface area contributed by atoms with Crippen LogP contribution in [0.3, 0.4) is 0 Å². The maximum atomic E-state index is 13.3. The highest BCUT2D eigenvalue weighted by molar-refractivity contribution is 7.92. The third kappa shape index (κ3) is 4.02. The van der Waals surface area contributed by atoms with E-state index in [1.54, 1.807) is 35.2 Å². The molecule has 0 bridgehead atoms. The van der Waals surface area contributed by atoms with Crippen molar-refractivity contribution in [1.29, 1.82) is 0 Å². The molecule has 0 unspecified atom stereocenters. The zero-order valence-electron chi connectivity index (χ0n) is 18.6. The fraction of sp³-hybridized carbons (Fsp3) is 0.269. The fourth-order valence-corrected chi connectivity index (χ4v) is 5.56. The largest absolute Gasteiger partial charge is 0.305 e. The minimum atomic E-state index is -3.76. The van der Waals surface area contributed by atoms with Crippen LogP contribution in [0.2, 0.25) is 0 Å². The molecular formula is C26H28N2O3S. The third-order valence-corrected chi connectivity index (χ3v) is 7.40. The monoisotopic (exact) mass is 448 g/mol. The lowest BCUT2D eigenvalue weighted by atomic mass is 10.0. The van der Waals surface area contributed by atoms with Gasteiger partial charge in [0.05, 0.1) is 10.6 Å². The Labute approximate surface area is 190 Å². The predicted molar refractivity (Wildman–Crippen MR) is 129 cm³/mol. The van der Waals surface area contributed by atoms with Gasteiger partial charge in [0.1, 0.15) is 0 Å². The van der Waals surface area contributed by atoms with Gasteiger partial charge in [-0.1, -0.05) is 50.2 Å². The number of amides is 1. The van der Waals surface area contributed by atoms with Crippen LogP contribution in [0.1, 0.15) is 47.8 Å². The zero-order valence-corrected chi connectivity index (χ0v) is 19.4. The SMILES string of the molecule is CCc1cccc(CC)c1NS(=O)(=O)c1ccc2c(c1)C[C@@H](C)N2C(=O)c1ccccc1. The fourth-order valence-electron chi connectivity index (χ4n) is 4.37. The number of aryl methyl sites for hydroxylation is 2. The van der Waals surface area contributed by atoms with Crippen LogP contribution in [0, 0.1) is 0 Å². The standard InChI is InChI=1S/C26H28N2O3S/c1-4-19-12-9-13-20(5-2)25(19)27-32(30,31)23-14-15-24-22(17-23)16-18(3)28(24)26(29)21-10-7-6-8-11-21/h6-15,17-18,27H,4-5,16H2,1-3H3/t18-/m1/s1. The summed E-state index contributed by atoms with van der Waals surface area (Å²) >= 11 is 0. The quantitative estimate of drug-likeness (QED) is 0.563. The van der Waals surface area contributed by atoms with Gasteiger partial charge in [-0.2, -0.15) is 0 Å². The molecule has 3 aromatic rings. The average molecular weight is 449 g/mol. The van der Waals surface area contributed by atoms with E-state index in [1.807, 2.05) is 57.2 Å². The van der Waals surface area contributed by atoms with E-state index in [0.29, 0.717) is 17.7 Å². The van der Waals surface area contributed by atoms with E-state index < -0.39 is 10.0 Å². The molecule has 0 spiro atoms. The molecular weight excluding hydrogens is 420 g/mol. The normalized spacial score (nSPS) is 15.5.